The van der Waals surface area contributed by atoms with Crippen molar-refractivity contribution in [1.29, 1.82) is 0 Å². The normalized spacial score (nSPS) is 19.5. The van der Waals surface area contributed by atoms with E-state index in [1.807, 2.05) is 0 Å². The summed E-state index contributed by atoms with van der Waals surface area (Å²) in [7, 11) is 0. The topological polar surface area (TPSA) is 115 Å². The van der Waals surface area contributed by atoms with Crippen LogP contribution in [0.1, 0.15) is 39.0 Å². The van der Waals surface area contributed by atoms with Crippen LogP contribution in [-0.4, -0.2) is 63.4 Å². The lowest BCUT2D eigenvalue weighted by molar-refractivity contribution is -0.159. The van der Waals surface area contributed by atoms with Crippen molar-refractivity contribution in [2.75, 3.05) is 19.6 Å². The van der Waals surface area contributed by atoms with Gasteiger partial charge >= 0.3 is 11.9 Å². The average molecular weight is 338 g/mol. The molecule has 132 valence electrons. The molecule has 24 heavy (non-hydrogen) atoms. The van der Waals surface area contributed by atoms with Gasteiger partial charge in [0, 0.05) is 32.0 Å². The number of carboxylic acids is 2. The van der Waals surface area contributed by atoms with Gasteiger partial charge in [0.2, 0.25) is 11.8 Å². The summed E-state index contributed by atoms with van der Waals surface area (Å²) in [5.41, 5.74) is 0. The zero-order chi connectivity index (χ0) is 18.1. The molecule has 0 aromatic carbocycles. The molecule has 0 bridgehead atoms. The van der Waals surface area contributed by atoms with E-state index in [-0.39, 0.29) is 18.4 Å². The summed E-state index contributed by atoms with van der Waals surface area (Å²) in [4.78, 5) is 44.3. The van der Waals surface area contributed by atoms with Crippen LogP contribution in [0.5, 0.6) is 0 Å². The fourth-order valence-electron chi connectivity index (χ4n) is 2.60. The molecule has 0 spiro atoms. The lowest BCUT2D eigenvalue weighted by Gasteiger charge is -2.11. The van der Waals surface area contributed by atoms with Crippen LogP contribution in [0.15, 0.2) is 0 Å². The van der Waals surface area contributed by atoms with Gasteiger partial charge in [-0.25, -0.2) is 9.59 Å². The van der Waals surface area contributed by atoms with Gasteiger partial charge < -0.3 is 15.1 Å². The summed E-state index contributed by atoms with van der Waals surface area (Å²) in [6.07, 6.45) is 4.40. The van der Waals surface area contributed by atoms with Crippen molar-refractivity contribution in [2.45, 2.75) is 39.0 Å². The Balaban J connectivity index is 0.000000413. The number of aliphatic carboxylic acids is 2. The third-order valence-corrected chi connectivity index (χ3v) is 3.79. The highest BCUT2D eigenvalue weighted by Gasteiger charge is 2.27. The van der Waals surface area contributed by atoms with Gasteiger partial charge in [0.15, 0.2) is 0 Å². The van der Waals surface area contributed by atoms with E-state index in [1.165, 1.54) is 24.2 Å². The lowest BCUT2D eigenvalue weighted by atomic mass is 10.0. The van der Waals surface area contributed by atoms with Crippen LogP contribution in [0, 0.1) is 17.9 Å². The molecule has 2 N–H and O–H groups in total. The summed E-state index contributed by atoms with van der Waals surface area (Å²) in [6.45, 7) is 4.51. The molecule has 2 amide bonds. The lowest BCUT2D eigenvalue weighted by Crippen LogP contribution is -2.29. The first-order valence-corrected chi connectivity index (χ1v) is 7.88. The Labute approximate surface area is 140 Å². The molecule has 2 heterocycles. The van der Waals surface area contributed by atoms with Crippen molar-refractivity contribution >= 4 is 23.8 Å². The van der Waals surface area contributed by atoms with Crippen molar-refractivity contribution in [3.05, 3.63) is 0 Å². The van der Waals surface area contributed by atoms with Gasteiger partial charge in [-0.2, -0.15) is 0 Å². The molecule has 1 atom stereocenters. The molecule has 2 saturated heterocycles. The number of nitrogens with zero attached hydrogens (tertiary/aromatic N) is 2. The number of imide groups is 1. The zero-order valence-electron chi connectivity index (χ0n) is 13.7. The Bertz CT molecular complexity index is 535. The number of likely N-dealkylation sites (tertiary alicyclic amines) is 2. The predicted octanol–water partition coefficient (Wildman–Crippen LogP) is 0.374. The maximum Gasteiger partial charge on any atom is 0.414 e. The van der Waals surface area contributed by atoms with Crippen LogP contribution >= 0.6 is 0 Å². The van der Waals surface area contributed by atoms with Gasteiger partial charge in [-0.1, -0.05) is 19.3 Å². The molecule has 0 unspecified atom stereocenters. The van der Waals surface area contributed by atoms with Gasteiger partial charge in [0.25, 0.3) is 0 Å². The Kier molecular flexibility index (Phi) is 7.75. The largest absolute Gasteiger partial charge is 0.473 e. The van der Waals surface area contributed by atoms with Crippen LogP contribution in [0.3, 0.4) is 0 Å². The van der Waals surface area contributed by atoms with Gasteiger partial charge in [0.1, 0.15) is 0 Å². The second kappa shape index (κ2) is 9.55. The van der Waals surface area contributed by atoms with Crippen LogP contribution in [0.2, 0.25) is 0 Å². The molecule has 0 radical (unpaired) electrons. The maximum absolute atomic E-state index is 11.4. The number of carbonyl (C=O) groups excluding carboxylic acids is 2. The second-order valence-corrected chi connectivity index (χ2v) is 5.66. The maximum atomic E-state index is 11.4. The van der Waals surface area contributed by atoms with Gasteiger partial charge in [-0.05, 0) is 18.8 Å². The van der Waals surface area contributed by atoms with Gasteiger partial charge in [-0.3, -0.25) is 14.5 Å². The van der Waals surface area contributed by atoms with E-state index in [4.69, 9.17) is 19.8 Å². The van der Waals surface area contributed by atoms with Crippen LogP contribution in [0.25, 0.3) is 0 Å². The van der Waals surface area contributed by atoms with Gasteiger partial charge in [-0.15, -0.1) is 0 Å². The van der Waals surface area contributed by atoms with E-state index in [9.17, 15) is 9.59 Å². The van der Waals surface area contributed by atoms with Crippen molar-refractivity contribution in [3.8, 4) is 12.0 Å². The molecule has 2 fully saturated rings. The van der Waals surface area contributed by atoms with Crippen LogP contribution in [-0.2, 0) is 19.2 Å². The molecule has 8 nitrogen and oxygen atoms in total. The van der Waals surface area contributed by atoms with E-state index < -0.39 is 11.9 Å². The molecule has 2 aliphatic rings. The first-order valence-electron chi connectivity index (χ1n) is 7.88. The Morgan fingerprint density at radius 1 is 1.17 bits per heavy atom. The first-order chi connectivity index (χ1) is 11.3. The molecule has 0 aromatic rings. The van der Waals surface area contributed by atoms with E-state index in [0.717, 1.165) is 19.0 Å². The van der Waals surface area contributed by atoms with Crippen molar-refractivity contribution in [1.82, 2.24) is 9.80 Å². The monoisotopic (exact) mass is 338 g/mol. The first kappa shape index (κ1) is 19.5. The van der Waals surface area contributed by atoms with Crippen molar-refractivity contribution < 1.29 is 29.4 Å². The minimum atomic E-state index is -1.82. The van der Waals surface area contributed by atoms with Crippen molar-refractivity contribution in [2.24, 2.45) is 5.92 Å². The fraction of sp³-hybridized carbons (Fsp3) is 0.625. The highest BCUT2D eigenvalue weighted by Crippen LogP contribution is 2.19. The van der Waals surface area contributed by atoms with Crippen LogP contribution in [0.4, 0.5) is 0 Å². The molecular formula is C16H22N2O6. The summed E-state index contributed by atoms with van der Waals surface area (Å²) < 4.78 is 0. The molecule has 0 aromatic heterocycles. The average Bonchev–Trinajstić information content (AvgIpc) is 3.09. The SMILES string of the molecule is CCC[C@@H]1CCN(C#CCN2C(=O)CCC2=O)C1.O=C(O)C(=O)O. The molecule has 2 rings (SSSR count). The number of hydrogen-bond acceptors (Lipinski definition) is 5. The Morgan fingerprint density at radius 2 is 1.75 bits per heavy atom. The highest BCUT2D eigenvalue weighted by atomic mass is 16.4. The van der Waals surface area contributed by atoms with E-state index in [1.54, 1.807) is 0 Å². The van der Waals surface area contributed by atoms with Gasteiger partial charge in [0.05, 0.1) is 6.54 Å². The number of amides is 2. The van der Waals surface area contributed by atoms with Crippen LogP contribution < -0.4 is 0 Å². The minimum Gasteiger partial charge on any atom is -0.473 e. The predicted molar refractivity (Wildman–Crippen MR) is 83.6 cm³/mol. The summed E-state index contributed by atoms with van der Waals surface area (Å²) in [5.74, 6) is -0.0994. The molecule has 0 saturated carbocycles. The van der Waals surface area contributed by atoms with E-state index in [2.05, 4.69) is 23.8 Å². The smallest absolute Gasteiger partial charge is 0.414 e. The summed E-state index contributed by atoms with van der Waals surface area (Å²) >= 11 is 0. The molecule has 0 aliphatic carbocycles. The third kappa shape index (κ3) is 6.28. The number of rotatable bonds is 3. The molecule has 8 heteroatoms. The molecular weight excluding hydrogens is 316 g/mol. The molecule has 2 aliphatic heterocycles. The zero-order valence-corrected chi connectivity index (χ0v) is 13.7. The Hall–Kier alpha value is -2.56. The summed E-state index contributed by atoms with van der Waals surface area (Å²) in [5, 5.41) is 14.8. The highest BCUT2D eigenvalue weighted by molar-refractivity contribution is 6.27. The Morgan fingerprint density at radius 3 is 2.25 bits per heavy atom. The number of hydrogen-bond donors (Lipinski definition) is 2. The fourth-order valence-corrected chi connectivity index (χ4v) is 2.60. The van der Waals surface area contributed by atoms with Crippen molar-refractivity contribution in [3.63, 3.8) is 0 Å². The quantitative estimate of drug-likeness (QED) is 0.434. The standard InChI is InChI=1S/C14H20N2O2.C2H2O4/c1-2-4-12-7-10-15(11-12)8-3-9-16-13(17)5-6-14(16)18;3-1(4)2(5)6/h12H,2,4-7,9-11H2,1H3;(H,3,4)(H,5,6)/t12-;/m1./s1. The van der Waals surface area contributed by atoms with E-state index >= 15 is 0 Å². The van der Waals surface area contributed by atoms with E-state index in [0.29, 0.717) is 12.8 Å². The third-order valence-electron chi connectivity index (χ3n) is 3.79. The number of carbonyl (C=O) groups is 4. The second-order valence-electron chi connectivity index (χ2n) is 5.66. The summed E-state index contributed by atoms with van der Waals surface area (Å²) in [6, 6.07) is 3.08. The number of carboxylic acid groups (broad SMARTS) is 2. The minimum absolute atomic E-state index is 0.0837.